The monoisotopic (exact) mass is 317 g/mol. The second-order valence-electron chi connectivity index (χ2n) is 6.10. The van der Waals surface area contributed by atoms with Crippen LogP contribution in [0.1, 0.15) is 20.8 Å². The van der Waals surface area contributed by atoms with Crippen molar-refractivity contribution in [2.24, 2.45) is 5.92 Å². The van der Waals surface area contributed by atoms with E-state index in [0.717, 1.165) is 25.7 Å². The molecule has 0 radical (unpaired) electrons. The third kappa shape index (κ3) is 5.57. The maximum Gasteiger partial charge on any atom is 0.302 e. The molecule has 0 aromatic heterocycles. The molecule has 1 aliphatic heterocycles. The zero-order valence-corrected chi connectivity index (χ0v) is 13.5. The third-order valence-corrected chi connectivity index (χ3v) is 3.87. The van der Waals surface area contributed by atoms with Crippen LogP contribution >= 0.6 is 0 Å². The Hall–Kier alpha value is -1.14. The highest BCUT2D eigenvalue weighted by Crippen LogP contribution is 2.23. The molecular weight excluding hydrogens is 291 g/mol. The molecule has 0 amide bonds. The van der Waals surface area contributed by atoms with Crippen LogP contribution in [-0.4, -0.2) is 55.4 Å². The highest BCUT2D eigenvalue weighted by Gasteiger charge is 2.32. The van der Waals surface area contributed by atoms with Crippen molar-refractivity contribution in [1.82, 2.24) is 10.2 Å². The Balaban J connectivity index is 2.35. The summed E-state index contributed by atoms with van der Waals surface area (Å²) < 4.78 is 38.4. The normalized spacial score (nSPS) is 19.7. The van der Waals surface area contributed by atoms with Crippen LogP contribution in [0, 0.1) is 11.3 Å². The number of hydrogen-bond acceptors (Lipinski definition) is 3. The maximum atomic E-state index is 13.1. The minimum atomic E-state index is -3.59. The molecule has 0 bridgehead atoms. The van der Waals surface area contributed by atoms with Crippen molar-refractivity contribution in [3.05, 3.63) is 23.8 Å². The number of allylic oxidation sites excluding steroid dienone is 3. The van der Waals surface area contributed by atoms with Crippen LogP contribution in [0.3, 0.4) is 0 Å². The van der Waals surface area contributed by atoms with Crippen molar-refractivity contribution in [2.75, 3.05) is 26.3 Å². The number of rotatable bonds is 9. The van der Waals surface area contributed by atoms with Gasteiger partial charge in [-0.2, -0.15) is 8.78 Å². The molecule has 1 saturated heterocycles. The van der Waals surface area contributed by atoms with Crippen molar-refractivity contribution < 1.29 is 13.2 Å². The zero-order chi connectivity index (χ0) is 16.8. The van der Waals surface area contributed by atoms with Crippen LogP contribution in [0.4, 0.5) is 13.2 Å². The first-order valence-electron chi connectivity index (χ1n) is 7.60. The lowest BCUT2D eigenvalue weighted by Gasteiger charge is -2.42. The molecule has 0 spiro atoms. The summed E-state index contributed by atoms with van der Waals surface area (Å²) in [6.45, 7) is 7.55. The Morgan fingerprint density at radius 3 is 2.50 bits per heavy atom. The first kappa shape index (κ1) is 18.9. The van der Waals surface area contributed by atoms with Crippen molar-refractivity contribution >= 4 is 6.21 Å². The first-order chi connectivity index (χ1) is 10.3. The quantitative estimate of drug-likeness (QED) is 0.507. The summed E-state index contributed by atoms with van der Waals surface area (Å²) >= 11 is 0. The van der Waals surface area contributed by atoms with E-state index in [1.807, 2.05) is 6.92 Å². The van der Waals surface area contributed by atoms with Gasteiger partial charge in [0.25, 0.3) is 0 Å². The van der Waals surface area contributed by atoms with E-state index in [4.69, 9.17) is 5.41 Å². The van der Waals surface area contributed by atoms with E-state index in [2.05, 4.69) is 24.1 Å². The van der Waals surface area contributed by atoms with Crippen molar-refractivity contribution in [2.45, 2.75) is 38.8 Å². The van der Waals surface area contributed by atoms with Gasteiger partial charge in [0, 0.05) is 43.5 Å². The van der Waals surface area contributed by atoms with E-state index >= 15 is 0 Å². The first-order valence-corrected chi connectivity index (χ1v) is 7.60. The molecule has 3 nitrogen and oxygen atoms in total. The minimum Gasteiger partial charge on any atom is -0.310 e. The van der Waals surface area contributed by atoms with Crippen LogP contribution in [-0.2, 0) is 0 Å². The van der Waals surface area contributed by atoms with E-state index in [1.54, 1.807) is 6.08 Å². The number of halogens is 3. The minimum absolute atomic E-state index is 0.0373. The summed E-state index contributed by atoms with van der Waals surface area (Å²) in [6.07, 6.45) is 4.77. The fourth-order valence-corrected chi connectivity index (χ4v) is 2.26. The SMILES string of the molecule is CC(/C=C/C=C(\C=N)C(F)(F)CF)NCC1CN(C(C)C)C1. The molecule has 1 rings (SSSR count). The Morgan fingerprint density at radius 1 is 1.36 bits per heavy atom. The zero-order valence-electron chi connectivity index (χ0n) is 13.5. The Bertz CT molecular complexity index is 413. The molecule has 126 valence electrons. The molecule has 1 atom stereocenters. The van der Waals surface area contributed by atoms with E-state index < -0.39 is 18.2 Å². The average molecular weight is 317 g/mol. The van der Waals surface area contributed by atoms with E-state index in [1.165, 1.54) is 6.08 Å². The predicted molar refractivity (Wildman–Crippen MR) is 84.6 cm³/mol. The molecule has 0 aromatic rings. The molecule has 1 heterocycles. The van der Waals surface area contributed by atoms with Gasteiger partial charge in [-0.25, -0.2) is 4.39 Å². The second kappa shape index (κ2) is 8.48. The van der Waals surface area contributed by atoms with Gasteiger partial charge in [-0.15, -0.1) is 0 Å². The molecule has 1 aliphatic rings. The van der Waals surface area contributed by atoms with E-state index in [-0.39, 0.29) is 6.04 Å². The van der Waals surface area contributed by atoms with Crippen molar-refractivity contribution in [1.29, 1.82) is 5.41 Å². The van der Waals surface area contributed by atoms with Crippen LogP contribution in [0.5, 0.6) is 0 Å². The lowest BCUT2D eigenvalue weighted by molar-refractivity contribution is 0.0216. The summed E-state index contributed by atoms with van der Waals surface area (Å²) in [5.74, 6) is -2.96. The molecule has 1 fully saturated rings. The van der Waals surface area contributed by atoms with Gasteiger partial charge < -0.3 is 15.6 Å². The van der Waals surface area contributed by atoms with Gasteiger partial charge >= 0.3 is 5.92 Å². The molecule has 0 aromatic carbocycles. The summed E-state index contributed by atoms with van der Waals surface area (Å²) in [4.78, 5) is 2.39. The fraction of sp³-hybridized carbons (Fsp3) is 0.688. The smallest absolute Gasteiger partial charge is 0.302 e. The van der Waals surface area contributed by atoms with Crippen LogP contribution in [0.15, 0.2) is 23.8 Å². The van der Waals surface area contributed by atoms with E-state index in [0.29, 0.717) is 18.2 Å². The highest BCUT2D eigenvalue weighted by molar-refractivity contribution is 5.78. The molecule has 2 N–H and O–H groups in total. The van der Waals surface area contributed by atoms with Gasteiger partial charge in [0.2, 0.25) is 0 Å². The van der Waals surface area contributed by atoms with Crippen LogP contribution < -0.4 is 5.32 Å². The van der Waals surface area contributed by atoms with Gasteiger partial charge in [0.1, 0.15) is 0 Å². The fourth-order valence-electron chi connectivity index (χ4n) is 2.26. The molecular formula is C16H26F3N3. The lowest BCUT2D eigenvalue weighted by Crippen LogP contribution is -2.54. The standard InChI is InChI=1S/C16H26F3N3/c1-12(2)22-9-14(10-22)8-21-13(3)5-4-6-15(7-20)16(18,19)11-17/h4-7,12-14,20-21H,8-11H2,1-3H3/b5-4+,15-6+,20-7?. The molecule has 0 aliphatic carbocycles. The number of likely N-dealkylation sites (tertiary alicyclic amines) is 1. The van der Waals surface area contributed by atoms with Crippen molar-refractivity contribution in [3.8, 4) is 0 Å². The van der Waals surface area contributed by atoms with Gasteiger partial charge in [-0.1, -0.05) is 18.2 Å². The molecule has 6 heteroatoms. The van der Waals surface area contributed by atoms with E-state index in [9.17, 15) is 13.2 Å². The molecule has 0 saturated carbocycles. The summed E-state index contributed by atoms with van der Waals surface area (Å²) in [5.41, 5.74) is -0.620. The predicted octanol–water partition coefficient (Wildman–Crippen LogP) is 3.04. The summed E-state index contributed by atoms with van der Waals surface area (Å²) in [7, 11) is 0. The average Bonchev–Trinajstić information content (AvgIpc) is 2.41. The Kier molecular flexibility index (Phi) is 7.29. The van der Waals surface area contributed by atoms with Gasteiger partial charge in [-0.3, -0.25) is 0 Å². The number of hydrogen-bond donors (Lipinski definition) is 2. The third-order valence-electron chi connectivity index (χ3n) is 3.87. The number of alkyl halides is 3. The van der Waals surface area contributed by atoms with Crippen molar-refractivity contribution in [3.63, 3.8) is 0 Å². The van der Waals surface area contributed by atoms with Gasteiger partial charge in [-0.05, 0) is 26.7 Å². The topological polar surface area (TPSA) is 39.1 Å². The molecule has 1 unspecified atom stereocenters. The molecule has 22 heavy (non-hydrogen) atoms. The number of nitrogens with one attached hydrogen (secondary N) is 2. The maximum absolute atomic E-state index is 13.1. The van der Waals surface area contributed by atoms with Crippen LogP contribution in [0.25, 0.3) is 0 Å². The second-order valence-corrected chi connectivity index (χ2v) is 6.10. The summed E-state index contributed by atoms with van der Waals surface area (Å²) in [5, 5.41) is 10.3. The van der Waals surface area contributed by atoms with Gasteiger partial charge in [0.15, 0.2) is 6.67 Å². The van der Waals surface area contributed by atoms with Gasteiger partial charge in [0.05, 0.1) is 0 Å². The summed E-state index contributed by atoms with van der Waals surface area (Å²) in [6, 6.07) is 0.616. The lowest BCUT2D eigenvalue weighted by atomic mass is 9.98. The number of nitrogens with zero attached hydrogens (tertiary/aromatic N) is 1. The largest absolute Gasteiger partial charge is 0.310 e. The Morgan fingerprint density at radius 2 is 2.00 bits per heavy atom. The highest BCUT2D eigenvalue weighted by atomic mass is 19.3. The Labute approximate surface area is 130 Å². The van der Waals surface area contributed by atoms with Crippen LogP contribution in [0.2, 0.25) is 0 Å².